The van der Waals surface area contributed by atoms with Gasteiger partial charge < -0.3 is 14.6 Å². The van der Waals surface area contributed by atoms with E-state index in [4.69, 9.17) is 9.47 Å². The van der Waals surface area contributed by atoms with E-state index in [1.807, 2.05) is 24.3 Å². The maximum atomic E-state index is 11.3. The zero-order chi connectivity index (χ0) is 14.1. The van der Waals surface area contributed by atoms with Gasteiger partial charge in [-0.1, -0.05) is 18.6 Å². The molecular weight excluding hydrogens is 244 g/mol. The molecule has 1 unspecified atom stereocenters. The molecule has 4 nitrogen and oxygen atoms in total. The molecule has 1 rings (SSSR count). The van der Waals surface area contributed by atoms with Crippen LogP contribution in [0.25, 0.3) is 0 Å². The van der Waals surface area contributed by atoms with Gasteiger partial charge in [0, 0.05) is 13.7 Å². The second kappa shape index (κ2) is 8.53. The van der Waals surface area contributed by atoms with Gasteiger partial charge in [0.15, 0.2) is 0 Å². The number of unbranched alkanes of at least 4 members (excludes halogenated alkanes) is 1. The first-order valence-electron chi connectivity index (χ1n) is 6.52. The summed E-state index contributed by atoms with van der Waals surface area (Å²) in [7, 11) is 3.27. The third-order valence-electron chi connectivity index (χ3n) is 3.12. The van der Waals surface area contributed by atoms with Gasteiger partial charge in [0.25, 0.3) is 0 Å². The summed E-state index contributed by atoms with van der Waals surface area (Å²) < 4.78 is 10.1. The molecule has 1 N–H and O–H groups in total. The molecule has 0 aliphatic rings. The van der Waals surface area contributed by atoms with Gasteiger partial charge in [-0.15, -0.1) is 0 Å². The highest BCUT2D eigenvalue weighted by Gasteiger charge is 2.17. The average Bonchev–Trinajstić information content (AvgIpc) is 2.42. The fourth-order valence-electron chi connectivity index (χ4n) is 2.03. The summed E-state index contributed by atoms with van der Waals surface area (Å²) in [5.41, 5.74) is 0.999. The molecule has 1 atom stereocenters. The van der Waals surface area contributed by atoms with Crippen LogP contribution in [0.3, 0.4) is 0 Å². The van der Waals surface area contributed by atoms with Crippen LogP contribution in [0.15, 0.2) is 24.3 Å². The Bertz CT molecular complexity index is 389. The minimum absolute atomic E-state index is 0.344. The van der Waals surface area contributed by atoms with Gasteiger partial charge in [-0.05, 0) is 37.0 Å². The number of aliphatic carboxylic acids is 1. The third-order valence-corrected chi connectivity index (χ3v) is 3.12. The van der Waals surface area contributed by atoms with Crippen LogP contribution in [0.1, 0.15) is 24.8 Å². The molecule has 0 amide bonds. The van der Waals surface area contributed by atoms with Gasteiger partial charge in [0.05, 0.1) is 13.0 Å². The zero-order valence-electron chi connectivity index (χ0n) is 11.6. The van der Waals surface area contributed by atoms with E-state index in [1.165, 1.54) is 0 Å². The van der Waals surface area contributed by atoms with Gasteiger partial charge in [-0.25, -0.2) is 0 Å². The molecule has 0 spiro atoms. The number of carboxylic acids is 1. The number of hydrogen-bond acceptors (Lipinski definition) is 3. The second-order valence-electron chi connectivity index (χ2n) is 4.58. The van der Waals surface area contributed by atoms with Gasteiger partial charge in [0.1, 0.15) is 5.75 Å². The standard InChI is InChI=1S/C15H22O4/c1-18-9-4-3-7-13(15(16)17)10-12-6-5-8-14(11-12)19-2/h5-6,8,11,13H,3-4,7,9-10H2,1-2H3,(H,16,17). The van der Waals surface area contributed by atoms with E-state index in [9.17, 15) is 9.90 Å². The Labute approximate surface area is 114 Å². The largest absolute Gasteiger partial charge is 0.497 e. The summed E-state index contributed by atoms with van der Waals surface area (Å²) in [4.78, 5) is 11.3. The molecule has 0 aliphatic carbocycles. The lowest BCUT2D eigenvalue weighted by Gasteiger charge is -2.13. The van der Waals surface area contributed by atoms with Crippen LogP contribution in [0, 0.1) is 5.92 Å². The van der Waals surface area contributed by atoms with Crippen LogP contribution in [0.2, 0.25) is 0 Å². The molecule has 0 fully saturated rings. The SMILES string of the molecule is COCCCCC(Cc1cccc(OC)c1)C(=O)O. The lowest BCUT2D eigenvalue weighted by Crippen LogP contribution is -2.16. The maximum Gasteiger partial charge on any atom is 0.306 e. The number of methoxy groups -OCH3 is 2. The molecule has 0 aromatic heterocycles. The Morgan fingerprint density at radius 2 is 2.11 bits per heavy atom. The predicted octanol–water partition coefficient (Wildman–Crippen LogP) is 2.76. The number of benzene rings is 1. The van der Waals surface area contributed by atoms with Gasteiger partial charge in [-0.3, -0.25) is 4.79 Å². The van der Waals surface area contributed by atoms with Crippen LogP contribution in [0.4, 0.5) is 0 Å². The Balaban J connectivity index is 2.54. The Morgan fingerprint density at radius 3 is 2.74 bits per heavy atom. The first kappa shape index (κ1) is 15.5. The lowest BCUT2D eigenvalue weighted by atomic mass is 9.94. The van der Waals surface area contributed by atoms with E-state index in [-0.39, 0.29) is 5.92 Å². The topological polar surface area (TPSA) is 55.8 Å². The van der Waals surface area contributed by atoms with Crippen molar-refractivity contribution >= 4 is 5.97 Å². The van der Waals surface area contributed by atoms with Crippen LogP contribution < -0.4 is 4.74 Å². The Morgan fingerprint density at radius 1 is 1.32 bits per heavy atom. The summed E-state index contributed by atoms with van der Waals surface area (Å²) in [5.74, 6) is -0.315. The monoisotopic (exact) mass is 266 g/mol. The van der Waals surface area contributed by atoms with Crippen LogP contribution in [0.5, 0.6) is 5.75 Å². The highest BCUT2D eigenvalue weighted by atomic mass is 16.5. The van der Waals surface area contributed by atoms with Crippen molar-refractivity contribution in [3.8, 4) is 5.75 Å². The van der Waals surface area contributed by atoms with Crippen molar-refractivity contribution in [2.75, 3.05) is 20.8 Å². The van der Waals surface area contributed by atoms with Gasteiger partial charge in [-0.2, -0.15) is 0 Å². The fourth-order valence-corrected chi connectivity index (χ4v) is 2.03. The zero-order valence-corrected chi connectivity index (χ0v) is 11.6. The van der Waals surface area contributed by atoms with Crippen molar-refractivity contribution < 1.29 is 19.4 Å². The number of hydrogen-bond donors (Lipinski definition) is 1. The maximum absolute atomic E-state index is 11.3. The van der Waals surface area contributed by atoms with Crippen LogP contribution in [-0.2, 0) is 16.0 Å². The van der Waals surface area contributed by atoms with Gasteiger partial charge in [0.2, 0.25) is 0 Å². The molecule has 19 heavy (non-hydrogen) atoms. The molecule has 0 radical (unpaired) electrons. The second-order valence-corrected chi connectivity index (χ2v) is 4.58. The third kappa shape index (κ3) is 5.75. The highest BCUT2D eigenvalue weighted by Crippen LogP contribution is 2.19. The number of rotatable bonds is 9. The van der Waals surface area contributed by atoms with E-state index in [2.05, 4.69) is 0 Å². The van der Waals surface area contributed by atoms with Crippen LogP contribution >= 0.6 is 0 Å². The molecule has 1 aromatic carbocycles. The first-order chi connectivity index (χ1) is 9.17. The lowest BCUT2D eigenvalue weighted by molar-refractivity contribution is -0.142. The minimum Gasteiger partial charge on any atom is -0.497 e. The molecule has 0 heterocycles. The van der Waals surface area contributed by atoms with Gasteiger partial charge >= 0.3 is 5.97 Å². The Hall–Kier alpha value is -1.55. The van der Waals surface area contributed by atoms with Crippen molar-refractivity contribution in [1.29, 1.82) is 0 Å². The number of carbonyl (C=O) groups is 1. The van der Waals surface area contributed by atoms with Crippen molar-refractivity contribution in [3.05, 3.63) is 29.8 Å². The number of ether oxygens (including phenoxy) is 2. The van der Waals surface area contributed by atoms with Crippen molar-refractivity contribution in [2.24, 2.45) is 5.92 Å². The molecule has 4 heteroatoms. The molecule has 0 bridgehead atoms. The molecule has 106 valence electrons. The van der Waals surface area contributed by atoms with Crippen LogP contribution in [-0.4, -0.2) is 31.9 Å². The summed E-state index contributed by atoms with van der Waals surface area (Å²) in [5, 5.41) is 9.26. The minimum atomic E-state index is -0.736. The van der Waals surface area contributed by atoms with E-state index >= 15 is 0 Å². The summed E-state index contributed by atoms with van der Waals surface area (Å²) in [6, 6.07) is 7.58. The van der Waals surface area contributed by atoms with E-state index in [0.717, 1.165) is 24.2 Å². The molecule has 0 saturated heterocycles. The molecule has 0 aliphatic heterocycles. The van der Waals surface area contributed by atoms with E-state index in [0.29, 0.717) is 19.4 Å². The Kier molecular flexibility index (Phi) is 6.97. The predicted molar refractivity (Wildman–Crippen MR) is 73.6 cm³/mol. The molecule has 0 saturated carbocycles. The van der Waals surface area contributed by atoms with Crippen molar-refractivity contribution in [1.82, 2.24) is 0 Å². The highest BCUT2D eigenvalue weighted by molar-refractivity contribution is 5.70. The summed E-state index contributed by atoms with van der Waals surface area (Å²) in [6.45, 7) is 0.686. The summed E-state index contributed by atoms with van der Waals surface area (Å²) in [6.07, 6.45) is 2.99. The van der Waals surface area contributed by atoms with E-state index in [1.54, 1.807) is 14.2 Å². The fraction of sp³-hybridized carbons (Fsp3) is 0.533. The molecule has 1 aromatic rings. The quantitative estimate of drug-likeness (QED) is 0.698. The van der Waals surface area contributed by atoms with E-state index < -0.39 is 5.97 Å². The normalized spacial score (nSPS) is 12.1. The summed E-state index contributed by atoms with van der Waals surface area (Å²) >= 11 is 0. The van der Waals surface area contributed by atoms with Crippen molar-refractivity contribution in [3.63, 3.8) is 0 Å². The number of carboxylic acid groups (broad SMARTS) is 1. The first-order valence-corrected chi connectivity index (χ1v) is 6.52. The smallest absolute Gasteiger partial charge is 0.306 e. The van der Waals surface area contributed by atoms with Crippen molar-refractivity contribution in [2.45, 2.75) is 25.7 Å². The molecular formula is C15H22O4. The average molecular weight is 266 g/mol.